The Morgan fingerprint density at radius 3 is 2.84 bits per heavy atom. The fraction of sp³-hybridized carbons (Fsp3) is 0.600. The molecule has 1 saturated heterocycles. The number of rotatable bonds is 5. The molecule has 4 nitrogen and oxygen atoms in total. The Kier molecular flexibility index (Phi) is 5.19. The van der Waals surface area contributed by atoms with E-state index in [2.05, 4.69) is 11.0 Å². The van der Waals surface area contributed by atoms with E-state index >= 15 is 0 Å². The van der Waals surface area contributed by atoms with Crippen LogP contribution in [0.15, 0.2) is 24.3 Å². The van der Waals surface area contributed by atoms with E-state index in [1.165, 1.54) is 5.56 Å². The second-order valence-electron chi connectivity index (χ2n) is 5.02. The highest BCUT2D eigenvalue weighted by atomic mass is 16.5. The Labute approximate surface area is 115 Å². The Morgan fingerprint density at radius 2 is 2.11 bits per heavy atom. The van der Waals surface area contributed by atoms with Crippen molar-refractivity contribution in [3.63, 3.8) is 0 Å². The Bertz CT molecular complexity index is 397. The minimum absolute atomic E-state index is 0.155. The first-order chi connectivity index (χ1) is 9.27. The van der Waals surface area contributed by atoms with Gasteiger partial charge in [-0.15, -0.1) is 0 Å². The van der Waals surface area contributed by atoms with E-state index in [4.69, 9.17) is 15.2 Å². The van der Waals surface area contributed by atoms with Crippen molar-refractivity contribution in [2.75, 3.05) is 33.9 Å². The highest BCUT2D eigenvalue weighted by molar-refractivity contribution is 5.37. The zero-order valence-electron chi connectivity index (χ0n) is 11.8. The van der Waals surface area contributed by atoms with E-state index in [9.17, 15) is 0 Å². The second-order valence-corrected chi connectivity index (χ2v) is 5.02. The zero-order chi connectivity index (χ0) is 13.7. The lowest BCUT2D eigenvalue weighted by Crippen LogP contribution is -2.47. The molecule has 1 fully saturated rings. The van der Waals surface area contributed by atoms with Crippen LogP contribution in [0, 0.1) is 0 Å². The predicted molar refractivity (Wildman–Crippen MR) is 76.4 cm³/mol. The summed E-state index contributed by atoms with van der Waals surface area (Å²) < 4.78 is 10.7. The minimum Gasteiger partial charge on any atom is -0.496 e. The maximum Gasteiger partial charge on any atom is 0.123 e. The van der Waals surface area contributed by atoms with Crippen LogP contribution < -0.4 is 10.5 Å². The molecule has 19 heavy (non-hydrogen) atoms. The van der Waals surface area contributed by atoms with E-state index in [0.29, 0.717) is 0 Å². The number of para-hydroxylation sites is 1. The molecule has 0 radical (unpaired) electrons. The molecular weight excluding hydrogens is 240 g/mol. The maximum atomic E-state index is 6.36. The van der Waals surface area contributed by atoms with E-state index in [0.717, 1.165) is 38.3 Å². The number of hydrogen-bond donors (Lipinski definition) is 1. The molecule has 0 aliphatic carbocycles. The van der Waals surface area contributed by atoms with Crippen molar-refractivity contribution in [2.24, 2.45) is 5.73 Å². The highest BCUT2D eigenvalue weighted by Crippen LogP contribution is 2.35. The second kappa shape index (κ2) is 6.89. The third-order valence-electron chi connectivity index (χ3n) is 3.82. The van der Waals surface area contributed by atoms with Gasteiger partial charge in [0.05, 0.1) is 19.8 Å². The van der Waals surface area contributed by atoms with Gasteiger partial charge in [0.1, 0.15) is 5.75 Å². The number of nitrogens with zero attached hydrogens (tertiary/aromatic N) is 1. The van der Waals surface area contributed by atoms with Gasteiger partial charge >= 0.3 is 0 Å². The summed E-state index contributed by atoms with van der Waals surface area (Å²) in [7, 11) is 3.45. The van der Waals surface area contributed by atoms with Crippen LogP contribution in [0.25, 0.3) is 0 Å². The van der Waals surface area contributed by atoms with Gasteiger partial charge in [0, 0.05) is 25.3 Å². The van der Waals surface area contributed by atoms with Crippen molar-refractivity contribution in [2.45, 2.75) is 24.9 Å². The molecular formula is C15H24N2O2. The number of piperidine rings is 1. The Morgan fingerprint density at radius 1 is 1.32 bits per heavy atom. The van der Waals surface area contributed by atoms with Crippen LogP contribution in [0.4, 0.5) is 0 Å². The van der Waals surface area contributed by atoms with E-state index in [1.807, 2.05) is 18.2 Å². The van der Waals surface area contributed by atoms with Gasteiger partial charge in [-0.2, -0.15) is 0 Å². The molecule has 106 valence electrons. The lowest BCUT2D eigenvalue weighted by molar-refractivity contribution is 0.0835. The molecule has 0 amide bonds. The smallest absolute Gasteiger partial charge is 0.123 e. The van der Waals surface area contributed by atoms with Crippen LogP contribution in [-0.2, 0) is 4.74 Å². The number of nitrogens with two attached hydrogens (primary N) is 1. The topological polar surface area (TPSA) is 47.7 Å². The fourth-order valence-electron chi connectivity index (χ4n) is 2.90. The standard InChI is InChI=1S/C15H24N2O2/c1-18-11-10-17-9-5-7-13(16)15(17)12-6-3-4-8-14(12)19-2/h3-4,6,8,13,15H,5,7,9-11,16H2,1-2H3. The number of benzene rings is 1. The van der Waals surface area contributed by atoms with E-state index < -0.39 is 0 Å². The van der Waals surface area contributed by atoms with Crippen molar-refractivity contribution in [1.82, 2.24) is 4.90 Å². The molecule has 4 heteroatoms. The first-order valence-corrected chi connectivity index (χ1v) is 6.89. The van der Waals surface area contributed by atoms with Crippen molar-refractivity contribution in [3.05, 3.63) is 29.8 Å². The molecule has 0 spiro atoms. The van der Waals surface area contributed by atoms with Gasteiger partial charge in [0.25, 0.3) is 0 Å². The normalized spacial score (nSPS) is 24.4. The average molecular weight is 264 g/mol. The quantitative estimate of drug-likeness (QED) is 0.881. The monoisotopic (exact) mass is 264 g/mol. The van der Waals surface area contributed by atoms with Gasteiger partial charge in [-0.25, -0.2) is 0 Å². The van der Waals surface area contributed by atoms with Gasteiger partial charge in [-0.1, -0.05) is 18.2 Å². The van der Waals surface area contributed by atoms with Crippen LogP contribution in [0.3, 0.4) is 0 Å². The molecule has 1 aromatic carbocycles. The van der Waals surface area contributed by atoms with Crippen LogP contribution in [0.5, 0.6) is 5.75 Å². The lowest BCUT2D eigenvalue weighted by Gasteiger charge is -2.40. The zero-order valence-corrected chi connectivity index (χ0v) is 11.8. The minimum atomic E-state index is 0.155. The first-order valence-electron chi connectivity index (χ1n) is 6.89. The molecule has 2 unspecified atom stereocenters. The van der Waals surface area contributed by atoms with Crippen molar-refractivity contribution < 1.29 is 9.47 Å². The van der Waals surface area contributed by atoms with Crippen LogP contribution >= 0.6 is 0 Å². The van der Waals surface area contributed by atoms with E-state index in [-0.39, 0.29) is 12.1 Å². The number of hydrogen-bond acceptors (Lipinski definition) is 4. The molecule has 2 rings (SSSR count). The van der Waals surface area contributed by atoms with Crippen molar-refractivity contribution >= 4 is 0 Å². The van der Waals surface area contributed by atoms with Gasteiger partial charge in [-0.3, -0.25) is 4.90 Å². The summed E-state index contributed by atoms with van der Waals surface area (Å²) in [6.45, 7) is 2.71. The number of likely N-dealkylation sites (tertiary alicyclic amines) is 1. The SMILES string of the molecule is COCCN1CCCC(N)C1c1ccccc1OC. The third-order valence-corrected chi connectivity index (χ3v) is 3.82. The van der Waals surface area contributed by atoms with Crippen molar-refractivity contribution in [1.29, 1.82) is 0 Å². The van der Waals surface area contributed by atoms with Crippen LogP contribution in [0.1, 0.15) is 24.4 Å². The van der Waals surface area contributed by atoms with Gasteiger partial charge in [0.15, 0.2) is 0 Å². The summed E-state index contributed by atoms with van der Waals surface area (Å²) in [6.07, 6.45) is 2.21. The summed E-state index contributed by atoms with van der Waals surface area (Å²) in [5.74, 6) is 0.923. The summed E-state index contributed by atoms with van der Waals surface area (Å²) in [6, 6.07) is 8.55. The number of methoxy groups -OCH3 is 2. The molecule has 2 atom stereocenters. The van der Waals surface area contributed by atoms with Crippen LogP contribution in [0.2, 0.25) is 0 Å². The molecule has 1 aromatic rings. The largest absolute Gasteiger partial charge is 0.496 e. The van der Waals surface area contributed by atoms with Gasteiger partial charge in [-0.05, 0) is 25.5 Å². The summed E-state index contributed by atoms with van der Waals surface area (Å²) >= 11 is 0. The third kappa shape index (κ3) is 3.26. The molecule has 0 aromatic heterocycles. The summed E-state index contributed by atoms with van der Waals surface area (Å²) in [5.41, 5.74) is 7.55. The molecule has 1 aliphatic rings. The van der Waals surface area contributed by atoms with Gasteiger partial charge < -0.3 is 15.2 Å². The predicted octanol–water partition coefficient (Wildman–Crippen LogP) is 1.81. The molecule has 0 saturated carbocycles. The average Bonchev–Trinajstić information content (AvgIpc) is 2.45. The summed E-state index contributed by atoms with van der Waals surface area (Å²) in [4.78, 5) is 2.41. The maximum absolute atomic E-state index is 6.36. The van der Waals surface area contributed by atoms with Crippen molar-refractivity contribution in [3.8, 4) is 5.75 Å². The molecule has 0 bridgehead atoms. The number of ether oxygens (including phenoxy) is 2. The Balaban J connectivity index is 2.25. The van der Waals surface area contributed by atoms with Crippen LogP contribution in [-0.4, -0.2) is 44.9 Å². The highest BCUT2D eigenvalue weighted by Gasteiger charge is 2.31. The molecule has 2 N–H and O–H groups in total. The lowest BCUT2D eigenvalue weighted by atomic mass is 9.90. The molecule has 1 aliphatic heterocycles. The molecule has 1 heterocycles. The first kappa shape index (κ1) is 14.3. The van der Waals surface area contributed by atoms with E-state index in [1.54, 1.807) is 14.2 Å². The van der Waals surface area contributed by atoms with Gasteiger partial charge in [0.2, 0.25) is 0 Å². The summed E-state index contributed by atoms with van der Waals surface area (Å²) in [5, 5.41) is 0. The Hall–Kier alpha value is -1.10. The fourth-order valence-corrected chi connectivity index (χ4v) is 2.90.